The van der Waals surface area contributed by atoms with Gasteiger partial charge in [-0.1, -0.05) is 26.8 Å². The van der Waals surface area contributed by atoms with Gasteiger partial charge in [-0.3, -0.25) is 9.59 Å². The smallest absolute Gasteiger partial charge is 0.249 e. The molecule has 1 aliphatic rings. The van der Waals surface area contributed by atoms with Crippen LogP contribution in [-0.2, 0) is 22.6 Å². The first kappa shape index (κ1) is 26.5. The highest BCUT2D eigenvalue weighted by Crippen LogP contribution is 2.35. The van der Waals surface area contributed by atoms with Crippen LogP contribution >= 0.6 is 0 Å². The van der Waals surface area contributed by atoms with E-state index in [1.807, 2.05) is 77.8 Å². The molecule has 0 unspecified atom stereocenters. The maximum atomic E-state index is 13.9. The second kappa shape index (κ2) is 9.88. The Morgan fingerprint density at radius 3 is 2.34 bits per heavy atom. The van der Waals surface area contributed by atoms with Crippen molar-refractivity contribution in [3.63, 3.8) is 0 Å². The topological polar surface area (TPSA) is 64.1 Å². The number of aromatic hydroxyl groups is 1. The highest BCUT2D eigenvalue weighted by atomic mass is 19.1. The molecule has 3 rings (SSSR count). The lowest BCUT2D eigenvalue weighted by Crippen LogP contribution is -2.55. The third-order valence-corrected chi connectivity index (χ3v) is 7.09. The molecule has 1 atom stereocenters. The summed E-state index contributed by atoms with van der Waals surface area (Å²) < 4.78 is 12.9. The molecule has 6 nitrogen and oxygen atoms in total. The largest absolute Gasteiger partial charge is 0.507 e. The van der Waals surface area contributed by atoms with E-state index >= 15 is 0 Å². The van der Waals surface area contributed by atoms with Crippen LogP contribution in [0.1, 0.15) is 48.6 Å². The summed E-state index contributed by atoms with van der Waals surface area (Å²) in [4.78, 5) is 32.5. The molecular weight excluding hydrogens is 445 g/mol. The van der Waals surface area contributed by atoms with Crippen molar-refractivity contribution in [1.29, 1.82) is 0 Å². The number of hydrogen-bond acceptors (Lipinski definition) is 4. The monoisotopic (exact) mass is 483 g/mol. The summed E-state index contributed by atoms with van der Waals surface area (Å²) in [6.07, 6.45) is 0.405. The molecule has 1 heterocycles. The van der Waals surface area contributed by atoms with E-state index in [0.29, 0.717) is 25.1 Å². The van der Waals surface area contributed by atoms with Gasteiger partial charge in [0.2, 0.25) is 11.8 Å². The molecule has 190 valence electrons. The fourth-order valence-electron chi connectivity index (χ4n) is 4.67. The zero-order chi connectivity index (χ0) is 26.2. The second-order valence-corrected chi connectivity index (χ2v) is 10.7. The number of aryl methyl sites for hydroxylation is 1. The number of fused-ring (bicyclic) bond motifs is 1. The van der Waals surface area contributed by atoms with Gasteiger partial charge in [-0.05, 0) is 66.8 Å². The lowest BCUT2D eigenvalue weighted by Gasteiger charge is -2.41. The van der Waals surface area contributed by atoms with Crippen molar-refractivity contribution in [3.8, 4) is 5.75 Å². The second-order valence-electron chi connectivity index (χ2n) is 10.7. The zero-order valence-corrected chi connectivity index (χ0v) is 22.2. The SMILES string of the molecule is Cc1cc(N(C)C(=O)[C@@H]2Cc3ccc(N(C)CCF)cc3CN2C(=O)C(C)(C)C)c(C)c(C)c1O. The predicted octanol–water partition coefficient (Wildman–Crippen LogP) is 4.69. The van der Waals surface area contributed by atoms with Gasteiger partial charge in [0.1, 0.15) is 18.5 Å². The molecule has 0 bridgehead atoms. The van der Waals surface area contributed by atoms with Gasteiger partial charge in [0, 0.05) is 50.4 Å². The number of phenolic OH excluding ortho intramolecular Hbond substituents is 1. The number of hydrogen-bond donors (Lipinski definition) is 1. The van der Waals surface area contributed by atoms with Crippen molar-refractivity contribution >= 4 is 23.2 Å². The van der Waals surface area contributed by atoms with E-state index in [1.165, 1.54) is 0 Å². The van der Waals surface area contributed by atoms with E-state index in [2.05, 4.69) is 0 Å². The minimum Gasteiger partial charge on any atom is -0.507 e. The van der Waals surface area contributed by atoms with Crippen molar-refractivity contribution < 1.29 is 19.1 Å². The molecule has 0 saturated heterocycles. The minimum atomic E-state index is -0.654. The lowest BCUT2D eigenvalue weighted by atomic mass is 9.88. The number of anilines is 2. The van der Waals surface area contributed by atoms with E-state index in [-0.39, 0.29) is 17.6 Å². The zero-order valence-electron chi connectivity index (χ0n) is 22.2. The molecule has 35 heavy (non-hydrogen) atoms. The van der Waals surface area contributed by atoms with Gasteiger partial charge < -0.3 is 19.8 Å². The molecule has 7 heteroatoms. The van der Waals surface area contributed by atoms with Crippen LogP contribution < -0.4 is 9.80 Å². The Balaban J connectivity index is 2.02. The summed E-state index contributed by atoms with van der Waals surface area (Å²) in [5.74, 6) is -0.0246. The van der Waals surface area contributed by atoms with Crippen LogP contribution in [0.5, 0.6) is 5.75 Å². The molecule has 2 aromatic rings. The first-order chi connectivity index (χ1) is 16.3. The average Bonchev–Trinajstić information content (AvgIpc) is 2.81. The maximum Gasteiger partial charge on any atom is 0.249 e. The number of carbonyl (C=O) groups excluding carboxylic acids is 2. The number of alkyl halides is 1. The lowest BCUT2D eigenvalue weighted by molar-refractivity contribution is -0.147. The first-order valence-electron chi connectivity index (χ1n) is 12.0. The number of benzene rings is 2. The number of amides is 2. The highest BCUT2D eigenvalue weighted by Gasteiger charge is 2.40. The quantitative estimate of drug-likeness (QED) is 0.671. The number of halogens is 1. The van der Waals surface area contributed by atoms with Crippen LogP contribution in [0, 0.1) is 26.2 Å². The van der Waals surface area contributed by atoms with E-state index in [4.69, 9.17) is 0 Å². The van der Waals surface area contributed by atoms with Gasteiger partial charge in [-0.25, -0.2) is 4.39 Å². The summed E-state index contributed by atoms with van der Waals surface area (Å²) in [5.41, 5.74) is 5.21. The van der Waals surface area contributed by atoms with E-state index in [1.54, 1.807) is 16.8 Å². The number of likely N-dealkylation sites (N-methyl/N-ethyl adjacent to an activating group) is 1. The minimum absolute atomic E-state index is 0.0906. The summed E-state index contributed by atoms with van der Waals surface area (Å²) in [7, 11) is 3.57. The molecule has 2 amide bonds. The Labute approximate surface area is 208 Å². The number of carbonyl (C=O) groups is 2. The van der Waals surface area contributed by atoms with Crippen LogP contribution in [-0.4, -0.2) is 55.2 Å². The van der Waals surface area contributed by atoms with Gasteiger partial charge in [-0.15, -0.1) is 0 Å². The molecule has 1 aliphatic heterocycles. The molecule has 1 N–H and O–H groups in total. The van der Waals surface area contributed by atoms with Crippen molar-refractivity contribution in [2.45, 2.75) is 60.5 Å². The summed E-state index contributed by atoms with van der Waals surface area (Å²) in [6, 6.07) is 7.09. The molecule has 0 fully saturated rings. The molecular formula is C28H38FN3O3. The standard InChI is InChI=1S/C28H38FN3O3/c1-17-13-23(18(2)19(3)25(17)33)31(8)26(34)24-15-20-9-10-22(30(7)12-11-29)14-21(20)16-32(24)27(35)28(4,5)6/h9-10,13-14,24,33H,11-12,15-16H2,1-8H3/t24-/m0/s1. The Bertz CT molecular complexity index is 1140. The highest BCUT2D eigenvalue weighted by molar-refractivity contribution is 6.00. The van der Waals surface area contributed by atoms with E-state index in [9.17, 15) is 19.1 Å². The van der Waals surface area contributed by atoms with Crippen LogP contribution in [0.25, 0.3) is 0 Å². The fourth-order valence-corrected chi connectivity index (χ4v) is 4.67. The third kappa shape index (κ3) is 5.14. The number of phenols is 1. The molecule has 0 radical (unpaired) electrons. The molecule has 0 aromatic heterocycles. The van der Waals surface area contributed by atoms with Gasteiger partial charge >= 0.3 is 0 Å². The summed E-state index contributed by atoms with van der Waals surface area (Å²) in [5, 5.41) is 10.3. The third-order valence-electron chi connectivity index (χ3n) is 7.09. The molecule has 0 spiro atoms. The van der Waals surface area contributed by atoms with Crippen LogP contribution in [0.3, 0.4) is 0 Å². The number of rotatable bonds is 5. The normalized spacial score (nSPS) is 15.6. The Hall–Kier alpha value is -3.09. The van der Waals surface area contributed by atoms with Crippen LogP contribution in [0.4, 0.5) is 15.8 Å². The summed E-state index contributed by atoms with van der Waals surface area (Å²) >= 11 is 0. The average molecular weight is 484 g/mol. The van der Waals surface area contributed by atoms with Crippen molar-refractivity contribution in [1.82, 2.24) is 4.90 Å². The Morgan fingerprint density at radius 2 is 1.74 bits per heavy atom. The maximum absolute atomic E-state index is 13.9. The van der Waals surface area contributed by atoms with Gasteiger partial charge in [-0.2, -0.15) is 0 Å². The van der Waals surface area contributed by atoms with Gasteiger partial charge in [0.15, 0.2) is 0 Å². The van der Waals surface area contributed by atoms with Gasteiger partial charge in [0.25, 0.3) is 0 Å². The van der Waals surface area contributed by atoms with Crippen LogP contribution in [0.15, 0.2) is 24.3 Å². The van der Waals surface area contributed by atoms with Crippen molar-refractivity contribution in [2.24, 2.45) is 5.41 Å². The van der Waals surface area contributed by atoms with Gasteiger partial charge in [0.05, 0.1) is 0 Å². The fraction of sp³-hybridized carbons (Fsp3) is 0.500. The molecule has 2 aromatic carbocycles. The summed E-state index contributed by atoms with van der Waals surface area (Å²) in [6.45, 7) is 11.3. The Kier molecular flexibility index (Phi) is 7.48. The number of nitrogens with zero attached hydrogens (tertiary/aromatic N) is 3. The van der Waals surface area contributed by atoms with E-state index in [0.717, 1.165) is 33.6 Å². The predicted molar refractivity (Wildman–Crippen MR) is 139 cm³/mol. The molecule has 0 saturated carbocycles. The molecule has 0 aliphatic carbocycles. The first-order valence-corrected chi connectivity index (χ1v) is 12.0. The van der Waals surface area contributed by atoms with E-state index < -0.39 is 18.1 Å². The van der Waals surface area contributed by atoms with Crippen LogP contribution in [0.2, 0.25) is 0 Å². The van der Waals surface area contributed by atoms with Crippen molar-refractivity contribution in [3.05, 3.63) is 52.1 Å². The Morgan fingerprint density at radius 1 is 1.09 bits per heavy atom. The van der Waals surface area contributed by atoms with Crippen molar-refractivity contribution in [2.75, 3.05) is 37.1 Å².